The molecule has 1 unspecified atom stereocenters. The molecule has 5 atom stereocenters. The predicted octanol–water partition coefficient (Wildman–Crippen LogP) is -3.78. The zero-order chi connectivity index (χ0) is 20.0. The first-order valence-corrected chi connectivity index (χ1v) is 10.2. The number of nitrogen functional groups attached to an aromatic ring is 1. The third-order valence-corrected chi connectivity index (χ3v) is 5.76. The Kier molecular flexibility index (Phi) is 11.3. The molecule has 3 rings (SSSR count). The van der Waals surface area contributed by atoms with Gasteiger partial charge in [-0.25, -0.2) is 24.1 Å². The van der Waals surface area contributed by atoms with Crippen LogP contribution < -0.4 is 5.73 Å². The summed E-state index contributed by atoms with van der Waals surface area (Å²) >= 11 is 0. The Morgan fingerprint density at radius 3 is 2.37 bits per heavy atom. The van der Waals surface area contributed by atoms with E-state index in [9.17, 15) is 24.2 Å². The number of hydrogen-bond acceptors (Lipinski definition) is 11. The number of phosphoric ester groups is 1. The van der Waals surface area contributed by atoms with Gasteiger partial charge in [-0.2, -0.15) is 4.31 Å². The van der Waals surface area contributed by atoms with Gasteiger partial charge >= 0.3 is 15.6 Å². The zero-order valence-electron chi connectivity index (χ0n) is 15.2. The summed E-state index contributed by atoms with van der Waals surface area (Å²) in [6.45, 7) is -0.813. The van der Waals surface area contributed by atoms with Gasteiger partial charge in [-0.05, 0) is 0 Å². The van der Waals surface area contributed by atoms with Gasteiger partial charge in [-0.1, -0.05) is 0 Å². The van der Waals surface area contributed by atoms with Crippen molar-refractivity contribution in [1.82, 2.24) is 19.5 Å². The number of fused-ring (bicyclic) bond motifs is 1. The van der Waals surface area contributed by atoms with E-state index < -0.39 is 46.8 Å². The fourth-order valence-corrected chi connectivity index (χ4v) is 4.08. The van der Waals surface area contributed by atoms with Crippen LogP contribution in [-0.4, -0.2) is 132 Å². The van der Waals surface area contributed by atoms with Gasteiger partial charge in [0, 0.05) is 51.4 Å². The molecule has 3 heterocycles. The van der Waals surface area contributed by atoms with E-state index in [1.165, 1.54) is 10.9 Å². The maximum absolute atomic E-state index is 11.5. The van der Waals surface area contributed by atoms with Crippen LogP contribution in [0.2, 0.25) is 0 Å². The van der Waals surface area contributed by atoms with Crippen LogP contribution in [0.4, 0.5) is 5.82 Å². The number of aliphatic hydroxyl groups excluding tert-OH is 2. The van der Waals surface area contributed by atoms with E-state index in [0.29, 0.717) is 0 Å². The molecule has 20 heteroatoms. The Bertz CT molecular complexity index is 941. The first kappa shape index (κ1) is 30.0. The number of phosphoric acid groups is 2. The SMILES string of the molecule is Nc1ncnc2c1ncn2[C@@H]1O[C@@H](COP(=O)(O)OP(=O)(O)O)[C@@H](O)[C@H]1O.O.O.[K]. The molecule has 30 heavy (non-hydrogen) atoms. The molecule has 1 radical (unpaired) electrons. The molecule has 0 aliphatic carbocycles. The molecule has 1 fully saturated rings. The van der Waals surface area contributed by atoms with E-state index in [1.807, 2.05) is 0 Å². The molecule has 167 valence electrons. The van der Waals surface area contributed by atoms with Crippen LogP contribution in [0.5, 0.6) is 0 Å². The van der Waals surface area contributed by atoms with Crippen LogP contribution in [0, 0.1) is 0 Å². The molecule has 11 N–H and O–H groups in total. The Hall–Kier alpha value is 0.0464. The number of nitrogens with two attached hydrogens (primary N) is 1. The molecule has 0 saturated carbocycles. The van der Waals surface area contributed by atoms with E-state index in [2.05, 4.69) is 23.8 Å². The van der Waals surface area contributed by atoms with E-state index in [-0.39, 0.29) is 79.3 Å². The number of rotatable bonds is 6. The van der Waals surface area contributed by atoms with E-state index in [1.54, 1.807) is 0 Å². The van der Waals surface area contributed by atoms with Crippen molar-refractivity contribution < 1.29 is 58.5 Å². The number of nitrogens with zero attached hydrogens (tertiary/aromatic N) is 4. The summed E-state index contributed by atoms with van der Waals surface area (Å²) in [5, 5.41) is 20.3. The van der Waals surface area contributed by atoms with Crippen molar-refractivity contribution in [2.75, 3.05) is 12.3 Å². The van der Waals surface area contributed by atoms with E-state index in [0.717, 1.165) is 6.33 Å². The minimum Gasteiger partial charge on any atom is -0.412 e. The average Bonchev–Trinajstić information content (AvgIpc) is 3.07. The smallest absolute Gasteiger partial charge is 0.412 e. The summed E-state index contributed by atoms with van der Waals surface area (Å²) in [4.78, 5) is 38.1. The van der Waals surface area contributed by atoms with Crippen molar-refractivity contribution in [3.05, 3.63) is 12.7 Å². The van der Waals surface area contributed by atoms with Crippen molar-refractivity contribution in [2.45, 2.75) is 24.5 Å². The predicted molar refractivity (Wildman–Crippen MR) is 97.5 cm³/mol. The Labute approximate surface area is 210 Å². The molecule has 1 aliphatic heterocycles. The maximum atomic E-state index is 11.5. The quantitative estimate of drug-likeness (QED) is 0.163. The Balaban J connectivity index is 0.00000280. The summed E-state index contributed by atoms with van der Waals surface area (Å²) in [6.07, 6.45) is -3.20. The zero-order valence-corrected chi connectivity index (χ0v) is 20.1. The van der Waals surface area contributed by atoms with Gasteiger partial charge in [0.15, 0.2) is 17.7 Å². The Morgan fingerprint density at radius 2 is 1.77 bits per heavy atom. The topological polar surface area (TPSA) is 296 Å². The summed E-state index contributed by atoms with van der Waals surface area (Å²) in [5.74, 6) is 0.0856. The minimum absolute atomic E-state index is 0. The van der Waals surface area contributed by atoms with Crippen LogP contribution in [0.3, 0.4) is 0 Å². The first-order chi connectivity index (χ1) is 12.5. The van der Waals surface area contributed by atoms with Crippen LogP contribution >= 0.6 is 15.6 Å². The molecule has 1 saturated heterocycles. The molecule has 17 nitrogen and oxygen atoms in total. The molecular formula is C10H19KN5O12P2. The van der Waals surface area contributed by atoms with Gasteiger partial charge in [0.25, 0.3) is 0 Å². The summed E-state index contributed by atoms with van der Waals surface area (Å²) in [7, 11) is -10.4. The number of imidazole rings is 1. The second kappa shape index (κ2) is 11.3. The summed E-state index contributed by atoms with van der Waals surface area (Å²) in [6, 6.07) is 0. The summed E-state index contributed by atoms with van der Waals surface area (Å²) < 4.78 is 36.8. The average molecular weight is 502 g/mol. The minimum atomic E-state index is -5.29. The van der Waals surface area contributed by atoms with Crippen LogP contribution in [0.1, 0.15) is 6.23 Å². The van der Waals surface area contributed by atoms with Crippen molar-refractivity contribution >= 4 is 84.0 Å². The number of hydrogen-bond donors (Lipinski definition) is 6. The van der Waals surface area contributed by atoms with Gasteiger partial charge in [0.05, 0.1) is 12.9 Å². The monoisotopic (exact) mass is 502 g/mol. The van der Waals surface area contributed by atoms with Gasteiger partial charge in [0.2, 0.25) is 0 Å². The van der Waals surface area contributed by atoms with Gasteiger partial charge in [0.1, 0.15) is 30.2 Å². The van der Waals surface area contributed by atoms with Crippen molar-refractivity contribution in [2.24, 2.45) is 0 Å². The summed E-state index contributed by atoms with van der Waals surface area (Å²) in [5.41, 5.74) is 6.11. The van der Waals surface area contributed by atoms with Crippen LogP contribution in [0.25, 0.3) is 11.2 Å². The Morgan fingerprint density at radius 1 is 1.13 bits per heavy atom. The number of anilines is 1. The van der Waals surface area contributed by atoms with Crippen LogP contribution in [0.15, 0.2) is 12.7 Å². The van der Waals surface area contributed by atoms with Gasteiger partial charge in [-0.3, -0.25) is 9.09 Å². The number of aromatic nitrogens is 4. The fraction of sp³-hybridized carbons (Fsp3) is 0.500. The van der Waals surface area contributed by atoms with Crippen molar-refractivity contribution in [3.63, 3.8) is 0 Å². The second-order valence-corrected chi connectivity index (χ2v) is 8.30. The molecule has 1 aliphatic rings. The van der Waals surface area contributed by atoms with E-state index >= 15 is 0 Å². The largest absolute Gasteiger partial charge is 0.481 e. The van der Waals surface area contributed by atoms with E-state index in [4.69, 9.17) is 20.3 Å². The molecular weight excluding hydrogens is 483 g/mol. The molecule has 0 aromatic carbocycles. The van der Waals surface area contributed by atoms with Gasteiger partial charge in [-0.15, -0.1) is 0 Å². The second-order valence-electron chi connectivity index (χ2n) is 5.47. The molecule has 2 aromatic rings. The molecule has 0 amide bonds. The van der Waals surface area contributed by atoms with Crippen molar-refractivity contribution in [3.8, 4) is 0 Å². The normalized spacial score (nSPS) is 25.6. The standard InChI is InChI=1S/C10H15N5O10P2.K.2H2O/c11-8-5-9(13-2-12-8)15(3-14-5)10-7(17)6(16)4(24-10)1-23-27(21,22)25-26(18,19)20;;;/h2-4,6-7,10,16-17H,1H2,(H,21,22)(H2,11,12,13)(H2,18,19,20);;2*1H2/t4-,6+,7+,10+;;;/m0.../s1. The van der Waals surface area contributed by atoms with Crippen molar-refractivity contribution in [1.29, 1.82) is 0 Å². The van der Waals surface area contributed by atoms with Gasteiger partial charge < -0.3 is 46.3 Å². The third-order valence-electron chi connectivity index (χ3n) is 3.61. The number of aliphatic hydroxyl groups is 2. The maximum Gasteiger partial charge on any atom is 0.481 e. The molecule has 0 spiro atoms. The third kappa shape index (κ3) is 6.77. The molecule has 0 bridgehead atoms. The number of ether oxygens (including phenoxy) is 1. The first-order valence-electron chi connectivity index (χ1n) is 7.17. The fourth-order valence-electron chi connectivity index (χ4n) is 2.48. The molecule has 2 aromatic heterocycles. The van der Waals surface area contributed by atoms with Crippen LogP contribution in [-0.2, 0) is 22.7 Å².